The zero-order valence-corrected chi connectivity index (χ0v) is 9.66. The van der Waals surface area contributed by atoms with E-state index in [0.29, 0.717) is 0 Å². The third kappa shape index (κ3) is 3.07. The van der Waals surface area contributed by atoms with Crippen molar-refractivity contribution in [2.45, 2.75) is 32.6 Å². The Morgan fingerprint density at radius 3 is 2.62 bits per heavy atom. The standard InChI is InChI=1S/C10H18N2S/c1-10(2,3)9-7-8(11-12-9)5-6-13-4/h7H,5-6H2,1-4H3,(H,11,12). The molecule has 13 heavy (non-hydrogen) atoms. The fourth-order valence-corrected chi connectivity index (χ4v) is 1.51. The van der Waals surface area contributed by atoms with Crippen LogP contribution in [0.2, 0.25) is 0 Å². The molecule has 0 aliphatic heterocycles. The van der Waals surface area contributed by atoms with Gasteiger partial charge in [0.05, 0.1) is 5.69 Å². The molecule has 1 aromatic heterocycles. The van der Waals surface area contributed by atoms with Crippen molar-refractivity contribution in [3.8, 4) is 0 Å². The van der Waals surface area contributed by atoms with Gasteiger partial charge in [-0.2, -0.15) is 16.9 Å². The molecule has 74 valence electrons. The number of aryl methyl sites for hydroxylation is 1. The maximum atomic E-state index is 4.31. The third-order valence-corrected chi connectivity index (χ3v) is 2.59. The second kappa shape index (κ2) is 4.18. The summed E-state index contributed by atoms with van der Waals surface area (Å²) in [6, 6.07) is 2.18. The molecule has 0 bridgehead atoms. The molecule has 0 aromatic carbocycles. The van der Waals surface area contributed by atoms with Crippen LogP contribution in [0.5, 0.6) is 0 Å². The normalized spacial score (nSPS) is 12.0. The summed E-state index contributed by atoms with van der Waals surface area (Å²) in [5.74, 6) is 1.16. The molecular weight excluding hydrogens is 180 g/mol. The second-order valence-electron chi connectivity index (χ2n) is 4.27. The van der Waals surface area contributed by atoms with Crippen molar-refractivity contribution >= 4 is 11.8 Å². The van der Waals surface area contributed by atoms with Crippen LogP contribution in [0.4, 0.5) is 0 Å². The molecule has 0 saturated heterocycles. The van der Waals surface area contributed by atoms with Gasteiger partial charge in [-0.05, 0) is 24.5 Å². The Balaban J connectivity index is 2.64. The highest BCUT2D eigenvalue weighted by Gasteiger charge is 2.16. The van der Waals surface area contributed by atoms with Crippen molar-refractivity contribution in [2.24, 2.45) is 0 Å². The number of nitrogens with zero attached hydrogens (tertiary/aromatic N) is 1. The number of aromatic nitrogens is 2. The first kappa shape index (κ1) is 10.6. The predicted molar refractivity (Wildman–Crippen MR) is 59.4 cm³/mol. The van der Waals surface area contributed by atoms with E-state index in [1.807, 2.05) is 11.8 Å². The summed E-state index contributed by atoms with van der Waals surface area (Å²) in [5.41, 5.74) is 2.57. The van der Waals surface area contributed by atoms with Gasteiger partial charge in [0.15, 0.2) is 0 Å². The molecule has 1 N–H and O–H groups in total. The minimum absolute atomic E-state index is 0.161. The number of H-pyrrole nitrogens is 1. The lowest BCUT2D eigenvalue weighted by Gasteiger charge is -2.13. The average Bonchev–Trinajstić information content (AvgIpc) is 2.47. The summed E-state index contributed by atoms with van der Waals surface area (Å²) >= 11 is 1.87. The molecule has 0 atom stereocenters. The lowest BCUT2D eigenvalue weighted by atomic mass is 9.92. The predicted octanol–water partition coefficient (Wildman–Crippen LogP) is 2.61. The third-order valence-electron chi connectivity index (χ3n) is 1.97. The summed E-state index contributed by atoms with van der Waals surface area (Å²) in [6.07, 6.45) is 3.21. The molecule has 0 unspecified atom stereocenters. The van der Waals surface area contributed by atoms with E-state index in [1.165, 1.54) is 5.69 Å². The highest BCUT2D eigenvalue weighted by Crippen LogP contribution is 2.20. The van der Waals surface area contributed by atoms with Gasteiger partial charge in [-0.25, -0.2) is 0 Å². The fourth-order valence-electron chi connectivity index (χ4n) is 1.09. The Bertz CT molecular complexity index is 260. The molecule has 0 spiro atoms. The van der Waals surface area contributed by atoms with E-state index in [0.717, 1.165) is 17.9 Å². The number of rotatable bonds is 3. The molecule has 0 saturated carbocycles. The zero-order valence-electron chi connectivity index (χ0n) is 8.85. The van der Waals surface area contributed by atoms with E-state index < -0.39 is 0 Å². The maximum absolute atomic E-state index is 4.31. The zero-order chi connectivity index (χ0) is 9.90. The Kier molecular flexibility index (Phi) is 3.42. The molecule has 0 aliphatic carbocycles. The summed E-state index contributed by atoms with van der Waals surface area (Å²) in [6.45, 7) is 6.55. The molecule has 0 radical (unpaired) electrons. The minimum atomic E-state index is 0.161. The number of hydrogen-bond donors (Lipinski definition) is 1. The van der Waals surface area contributed by atoms with E-state index in [1.54, 1.807) is 0 Å². The molecule has 2 nitrogen and oxygen atoms in total. The maximum Gasteiger partial charge on any atom is 0.0678 e. The number of hydrogen-bond acceptors (Lipinski definition) is 2. The van der Waals surface area contributed by atoms with E-state index in [-0.39, 0.29) is 5.41 Å². The molecule has 1 heterocycles. The lowest BCUT2D eigenvalue weighted by Crippen LogP contribution is -2.11. The van der Waals surface area contributed by atoms with Crippen LogP contribution >= 0.6 is 11.8 Å². The van der Waals surface area contributed by atoms with Crippen LogP contribution in [-0.4, -0.2) is 22.2 Å². The molecule has 0 aliphatic rings. The Labute approximate surface area is 84.5 Å². The summed E-state index contributed by atoms with van der Waals surface area (Å²) in [5, 5.41) is 7.39. The van der Waals surface area contributed by atoms with E-state index in [2.05, 4.69) is 43.3 Å². The van der Waals surface area contributed by atoms with Gasteiger partial charge >= 0.3 is 0 Å². The number of aromatic amines is 1. The van der Waals surface area contributed by atoms with Crippen LogP contribution in [0.1, 0.15) is 32.2 Å². The first-order chi connectivity index (χ1) is 6.04. The van der Waals surface area contributed by atoms with E-state index in [4.69, 9.17) is 0 Å². The van der Waals surface area contributed by atoms with Gasteiger partial charge in [0, 0.05) is 11.1 Å². The summed E-state index contributed by atoms with van der Waals surface area (Å²) in [4.78, 5) is 0. The molecular formula is C10H18N2S. The van der Waals surface area contributed by atoms with E-state index >= 15 is 0 Å². The van der Waals surface area contributed by atoms with Gasteiger partial charge in [0.25, 0.3) is 0 Å². The molecule has 1 aromatic rings. The molecule has 0 amide bonds. The minimum Gasteiger partial charge on any atom is -0.282 e. The quantitative estimate of drug-likeness (QED) is 0.808. The van der Waals surface area contributed by atoms with E-state index in [9.17, 15) is 0 Å². The van der Waals surface area contributed by atoms with Crippen LogP contribution < -0.4 is 0 Å². The second-order valence-corrected chi connectivity index (χ2v) is 5.26. The van der Waals surface area contributed by atoms with Crippen molar-refractivity contribution in [3.63, 3.8) is 0 Å². The van der Waals surface area contributed by atoms with Gasteiger partial charge in [0.1, 0.15) is 0 Å². The van der Waals surface area contributed by atoms with Crippen LogP contribution in [0.15, 0.2) is 6.07 Å². The first-order valence-electron chi connectivity index (χ1n) is 4.58. The fraction of sp³-hybridized carbons (Fsp3) is 0.700. The van der Waals surface area contributed by atoms with Gasteiger partial charge < -0.3 is 0 Å². The van der Waals surface area contributed by atoms with Crippen molar-refractivity contribution in [3.05, 3.63) is 17.5 Å². The topological polar surface area (TPSA) is 28.7 Å². The van der Waals surface area contributed by atoms with Crippen molar-refractivity contribution in [1.82, 2.24) is 10.2 Å². The Morgan fingerprint density at radius 1 is 1.46 bits per heavy atom. The van der Waals surface area contributed by atoms with Crippen molar-refractivity contribution in [1.29, 1.82) is 0 Å². The van der Waals surface area contributed by atoms with Crippen LogP contribution in [-0.2, 0) is 11.8 Å². The van der Waals surface area contributed by atoms with Gasteiger partial charge in [-0.15, -0.1) is 0 Å². The van der Waals surface area contributed by atoms with Crippen molar-refractivity contribution in [2.75, 3.05) is 12.0 Å². The van der Waals surface area contributed by atoms with Crippen molar-refractivity contribution < 1.29 is 0 Å². The first-order valence-corrected chi connectivity index (χ1v) is 5.97. The van der Waals surface area contributed by atoms with Gasteiger partial charge in [-0.1, -0.05) is 20.8 Å². The average molecular weight is 198 g/mol. The number of nitrogens with one attached hydrogen (secondary N) is 1. The summed E-state index contributed by atoms with van der Waals surface area (Å²) in [7, 11) is 0. The monoisotopic (exact) mass is 198 g/mol. The Hall–Kier alpha value is -0.440. The highest BCUT2D eigenvalue weighted by atomic mass is 32.2. The molecule has 0 fully saturated rings. The molecule has 1 rings (SSSR count). The lowest BCUT2D eigenvalue weighted by molar-refractivity contribution is 0.567. The largest absolute Gasteiger partial charge is 0.282 e. The van der Waals surface area contributed by atoms with Gasteiger partial charge in [-0.3, -0.25) is 5.10 Å². The summed E-state index contributed by atoms with van der Waals surface area (Å²) < 4.78 is 0. The van der Waals surface area contributed by atoms with Gasteiger partial charge in [0.2, 0.25) is 0 Å². The van der Waals surface area contributed by atoms with Crippen LogP contribution in [0.25, 0.3) is 0 Å². The Morgan fingerprint density at radius 2 is 2.15 bits per heavy atom. The number of thioether (sulfide) groups is 1. The SMILES string of the molecule is CSCCc1cc(C(C)(C)C)n[nH]1. The highest BCUT2D eigenvalue weighted by molar-refractivity contribution is 7.98. The van der Waals surface area contributed by atoms with Crippen LogP contribution in [0.3, 0.4) is 0 Å². The van der Waals surface area contributed by atoms with Crippen LogP contribution in [0, 0.1) is 0 Å². The smallest absolute Gasteiger partial charge is 0.0678 e. The molecule has 3 heteroatoms.